The van der Waals surface area contributed by atoms with Gasteiger partial charge in [-0.25, -0.2) is 0 Å². The molecule has 1 N–H and O–H groups in total. The van der Waals surface area contributed by atoms with Gasteiger partial charge < -0.3 is 5.11 Å². The Kier molecular flexibility index (Phi) is 2.68. The van der Waals surface area contributed by atoms with Gasteiger partial charge in [-0.2, -0.15) is 0 Å². The van der Waals surface area contributed by atoms with Gasteiger partial charge in [0.25, 0.3) is 0 Å². The van der Waals surface area contributed by atoms with Crippen LogP contribution in [0.5, 0.6) is 0 Å². The van der Waals surface area contributed by atoms with Crippen molar-refractivity contribution in [3.8, 4) is 0 Å². The van der Waals surface area contributed by atoms with E-state index in [1.54, 1.807) is 0 Å². The van der Waals surface area contributed by atoms with Crippen LogP contribution in [0.25, 0.3) is 0 Å². The maximum atomic E-state index is 11.2. The molecule has 0 spiro atoms. The highest BCUT2D eigenvalue weighted by molar-refractivity contribution is 5.88. The topological polar surface area (TPSA) is 37.3 Å². The minimum atomic E-state index is -1.13. The quantitative estimate of drug-likeness (QED) is 0.606. The number of ketones is 1. The predicted octanol–water partition coefficient (Wildman–Crippen LogP) is 1.83. The van der Waals surface area contributed by atoms with Crippen LogP contribution in [0, 0.1) is 0 Å². The zero-order valence-electron chi connectivity index (χ0n) is 7.76. The molecule has 1 aliphatic rings. The molecular formula is C10H16O2. The number of carbonyl (C=O) groups is 1. The molecule has 0 radical (unpaired) electrons. The number of rotatable bonds is 1. The summed E-state index contributed by atoms with van der Waals surface area (Å²) in [6.45, 7) is 3.35. The summed E-state index contributed by atoms with van der Waals surface area (Å²) in [6, 6.07) is 0. The van der Waals surface area contributed by atoms with Crippen molar-refractivity contribution < 1.29 is 9.90 Å². The van der Waals surface area contributed by atoms with Gasteiger partial charge >= 0.3 is 0 Å². The van der Waals surface area contributed by atoms with Crippen molar-refractivity contribution in [1.82, 2.24) is 0 Å². The minimum absolute atomic E-state index is 0.115. The summed E-state index contributed by atoms with van der Waals surface area (Å²) >= 11 is 0. The highest BCUT2D eigenvalue weighted by atomic mass is 16.3. The Morgan fingerprint density at radius 1 is 1.58 bits per heavy atom. The largest absolute Gasteiger partial charge is 0.378 e. The average molecular weight is 168 g/mol. The normalized spacial score (nSPS) is 33.8. The molecule has 0 amide bonds. The molecule has 0 saturated heterocycles. The fourth-order valence-electron chi connectivity index (χ4n) is 1.85. The average Bonchev–Trinajstić information content (AvgIpc) is 2.05. The van der Waals surface area contributed by atoms with Gasteiger partial charge in [-0.3, -0.25) is 4.79 Å². The molecular weight excluding hydrogens is 152 g/mol. The molecule has 68 valence electrons. The zero-order valence-corrected chi connectivity index (χ0v) is 7.76. The molecule has 1 saturated carbocycles. The first-order valence-corrected chi connectivity index (χ1v) is 4.50. The van der Waals surface area contributed by atoms with E-state index in [0.29, 0.717) is 6.42 Å². The van der Waals surface area contributed by atoms with E-state index in [2.05, 4.69) is 0 Å². The molecule has 1 rings (SSSR count). The summed E-state index contributed by atoms with van der Waals surface area (Å²) in [7, 11) is 0. The van der Waals surface area contributed by atoms with Crippen molar-refractivity contribution in [2.45, 2.75) is 45.1 Å². The summed E-state index contributed by atoms with van der Waals surface area (Å²) in [4.78, 5) is 11.2. The van der Waals surface area contributed by atoms with Crippen molar-refractivity contribution >= 4 is 5.78 Å². The predicted molar refractivity (Wildman–Crippen MR) is 47.9 cm³/mol. The molecule has 0 bridgehead atoms. The van der Waals surface area contributed by atoms with Crippen LogP contribution in [0.2, 0.25) is 0 Å². The van der Waals surface area contributed by atoms with Crippen LogP contribution in [-0.4, -0.2) is 16.5 Å². The highest BCUT2D eigenvalue weighted by Crippen LogP contribution is 2.33. The van der Waals surface area contributed by atoms with E-state index in [0.717, 1.165) is 24.8 Å². The number of hydrogen-bond donors (Lipinski definition) is 1. The second-order valence-corrected chi connectivity index (χ2v) is 3.44. The van der Waals surface area contributed by atoms with Gasteiger partial charge in [-0.05, 0) is 45.1 Å². The van der Waals surface area contributed by atoms with E-state index in [1.807, 2.05) is 13.0 Å². The first-order valence-electron chi connectivity index (χ1n) is 4.50. The number of aliphatic hydroxyl groups is 1. The molecule has 2 heteroatoms. The van der Waals surface area contributed by atoms with Crippen LogP contribution in [-0.2, 0) is 4.79 Å². The van der Waals surface area contributed by atoms with E-state index >= 15 is 0 Å². The Morgan fingerprint density at radius 3 is 2.67 bits per heavy atom. The Morgan fingerprint density at radius 2 is 2.25 bits per heavy atom. The SMILES string of the molecule is C/C=C1/CCCCC1(O)C(C)=O. The van der Waals surface area contributed by atoms with E-state index in [9.17, 15) is 9.90 Å². The Labute approximate surface area is 73.3 Å². The lowest BCUT2D eigenvalue weighted by atomic mass is 9.78. The van der Waals surface area contributed by atoms with E-state index in [4.69, 9.17) is 0 Å². The van der Waals surface area contributed by atoms with Crippen LogP contribution in [0.15, 0.2) is 11.6 Å². The van der Waals surface area contributed by atoms with Crippen molar-refractivity contribution in [2.75, 3.05) is 0 Å². The standard InChI is InChI=1S/C10H16O2/c1-3-9-6-4-5-7-10(9,12)8(2)11/h3,12H,4-7H2,1-2H3/b9-3-. The van der Waals surface area contributed by atoms with Crippen LogP contribution in [0.3, 0.4) is 0 Å². The number of hydrogen-bond acceptors (Lipinski definition) is 2. The summed E-state index contributed by atoms with van der Waals surface area (Å²) in [5.41, 5.74) is -0.228. The molecule has 1 atom stereocenters. The first-order chi connectivity index (χ1) is 5.61. The highest BCUT2D eigenvalue weighted by Gasteiger charge is 2.37. The van der Waals surface area contributed by atoms with Gasteiger partial charge in [0.05, 0.1) is 0 Å². The van der Waals surface area contributed by atoms with Crippen LogP contribution < -0.4 is 0 Å². The number of carbonyl (C=O) groups excluding carboxylic acids is 1. The molecule has 0 heterocycles. The fraction of sp³-hybridized carbons (Fsp3) is 0.700. The molecule has 12 heavy (non-hydrogen) atoms. The lowest BCUT2D eigenvalue weighted by molar-refractivity contribution is -0.133. The summed E-state index contributed by atoms with van der Waals surface area (Å²) in [5.74, 6) is -0.115. The van der Waals surface area contributed by atoms with Gasteiger partial charge in [0.1, 0.15) is 5.60 Å². The van der Waals surface area contributed by atoms with Gasteiger partial charge in [0.15, 0.2) is 5.78 Å². The number of Topliss-reactive ketones (excluding diaryl/α,β-unsaturated/α-hetero) is 1. The molecule has 0 aromatic carbocycles. The molecule has 1 aliphatic carbocycles. The van der Waals surface area contributed by atoms with Crippen molar-refractivity contribution in [3.05, 3.63) is 11.6 Å². The summed E-state index contributed by atoms with van der Waals surface area (Å²) in [5, 5.41) is 9.99. The molecule has 0 aromatic rings. The summed E-state index contributed by atoms with van der Waals surface area (Å²) in [6.07, 6.45) is 5.39. The van der Waals surface area contributed by atoms with E-state index < -0.39 is 5.60 Å². The summed E-state index contributed by atoms with van der Waals surface area (Å²) < 4.78 is 0. The smallest absolute Gasteiger partial charge is 0.165 e. The van der Waals surface area contributed by atoms with Crippen molar-refractivity contribution in [3.63, 3.8) is 0 Å². The lowest BCUT2D eigenvalue weighted by Gasteiger charge is -2.32. The molecule has 0 aliphatic heterocycles. The molecule has 1 unspecified atom stereocenters. The maximum Gasteiger partial charge on any atom is 0.165 e. The third-order valence-electron chi connectivity index (χ3n) is 2.70. The Balaban J connectivity index is 2.91. The van der Waals surface area contributed by atoms with Gasteiger partial charge in [0.2, 0.25) is 0 Å². The minimum Gasteiger partial charge on any atom is -0.378 e. The van der Waals surface area contributed by atoms with Crippen molar-refractivity contribution in [2.24, 2.45) is 0 Å². The zero-order chi connectivity index (χ0) is 9.19. The van der Waals surface area contributed by atoms with Crippen LogP contribution in [0.1, 0.15) is 39.5 Å². The Bertz CT molecular complexity index is 218. The first kappa shape index (κ1) is 9.46. The second kappa shape index (κ2) is 3.40. The van der Waals surface area contributed by atoms with Gasteiger partial charge in [0, 0.05) is 0 Å². The molecule has 2 nitrogen and oxygen atoms in total. The second-order valence-electron chi connectivity index (χ2n) is 3.44. The number of allylic oxidation sites excluding steroid dienone is 1. The van der Waals surface area contributed by atoms with Crippen LogP contribution >= 0.6 is 0 Å². The van der Waals surface area contributed by atoms with Gasteiger partial charge in [-0.15, -0.1) is 0 Å². The maximum absolute atomic E-state index is 11.2. The third kappa shape index (κ3) is 1.44. The van der Waals surface area contributed by atoms with Crippen molar-refractivity contribution in [1.29, 1.82) is 0 Å². The van der Waals surface area contributed by atoms with Crippen LogP contribution in [0.4, 0.5) is 0 Å². The fourth-order valence-corrected chi connectivity index (χ4v) is 1.85. The van der Waals surface area contributed by atoms with E-state index in [1.165, 1.54) is 6.92 Å². The molecule has 0 aromatic heterocycles. The van der Waals surface area contributed by atoms with E-state index in [-0.39, 0.29) is 5.78 Å². The lowest BCUT2D eigenvalue weighted by Crippen LogP contribution is -2.41. The Hall–Kier alpha value is -0.630. The monoisotopic (exact) mass is 168 g/mol. The van der Waals surface area contributed by atoms with Gasteiger partial charge in [-0.1, -0.05) is 6.08 Å². The third-order valence-corrected chi connectivity index (χ3v) is 2.70. The molecule has 1 fully saturated rings.